The van der Waals surface area contributed by atoms with Crippen LogP contribution in [0.5, 0.6) is 0 Å². The van der Waals surface area contributed by atoms with Crippen molar-refractivity contribution in [2.45, 2.75) is 44.6 Å². The first-order valence-corrected chi connectivity index (χ1v) is 8.28. The molecule has 6 nitrogen and oxygen atoms in total. The molecule has 1 atom stereocenters. The number of carboxylic acid groups (broad SMARTS) is 1. The third-order valence-electron chi connectivity index (χ3n) is 3.94. The van der Waals surface area contributed by atoms with Gasteiger partial charge in [0, 0.05) is 17.7 Å². The monoisotopic (exact) mass is 312 g/mol. The van der Waals surface area contributed by atoms with Crippen LogP contribution in [-0.2, 0) is 4.79 Å². The molecule has 0 spiro atoms. The van der Waals surface area contributed by atoms with Crippen molar-refractivity contribution in [1.29, 1.82) is 0 Å². The van der Waals surface area contributed by atoms with Gasteiger partial charge in [-0.3, -0.25) is 4.79 Å². The zero-order valence-corrected chi connectivity index (χ0v) is 13.0. The van der Waals surface area contributed by atoms with Crippen LogP contribution in [0.4, 0.5) is 0 Å². The van der Waals surface area contributed by atoms with Crippen LogP contribution in [0.3, 0.4) is 0 Å². The number of amides is 1. The molecule has 1 aliphatic heterocycles. The first kappa shape index (κ1) is 15.9. The maximum absolute atomic E-state index is 12.2. The fourth-order valence-corrected chi connectivity index (χ4v) is 3.79. The van der Waals surface area contributed by atoms with Crippen molar-refractivity contribution in [3.8, 4) is 0 Å². The third-order valence-corrected chi connectivity index (χ3v) is 5.13. The molecular formula is C14H20N2O4S. The second-order valence-electron chi connectivity index (χ2n) is 5.27. The first-order chi connectivity index (χ1) is 10.0. The maximum Gasteiger partial charge on any atom is 0.330 e. The van der Waals surface area contributed by atoms with Crippen LogP contribution in [-0.4, -0.2) is 39.2 Å². The molecule has 0 saturated carbocycles. The molecule has 1 aliphatic rings. The zero-order chi connectivity index (χ0) is 15.5. The first-order valence-electron chi connectivity index (χ1n) is 7.12. The van der Waals surface area contributed by atoms with E-state index in [1.165, 1.54) is 11.8 Å². The van der Waals surface area contributed by atoms with Gasteiger partial charge in [0.25, 0.3) is 5.91 Å². The number of thioether (sulfide) groups is 1. The van der Waals surface area contributed by atoms with Gasteiger partial charge in [0.2, 0.25) is 5.76 Å². The van der Waals surface area contributed by atoms with E-state index >= 15 is 0 Å². The van der Waals surface area contributed by atoms with E-state index in [-0.39, 0.29) is 11.7 Å². The van der Waals surface area contributed by atoms with Gasteiger partial charge in [0.05, 0.1) is 5.69 Å². The van der Waals surface area contributed by atoms with Gasteiger partial charge in [-0.25, -0.2) is 4.79 Å². The van der Waals surface area contributed by atoms with Crippen molar-refractivity contribution in [1.82, 2.24) is 10.5 Å². The second kappa shape index (κ2) is 6.51. The standard InChI is InChI=1S/C14H20N2O4S/c1-3-9(4-2)10-7-11(20-16-10)12(17)15-14(13(18)19)5-6-21-8-14/h7,9H,3-6,8H2,1-2H3,(H,15,17)(H,18,19). The Morgan fingerprint density at radius 2 is 2.24 bits per heavy atom. The molecule has 2 rings (SSSR count). The molecule has 2 heterocycles. The van der Waals surface area contributed by atoms with Gasteiger partial charge < -0.3 is 14.9 Å². The van der Waals surface area contributed by atoms with E-state index in [2.05, 4.69) is 24.3 Å². The summed E-state index contributed by atoms with van der Waals surface area (Å²) in [5.74, 6) is -0.0748. The van der Waals surface area contributed by atoms with Crippen LogP contribution in [0.25, 0.3) is 0 Å². The Balaban J connectivity index is 2.12. The zero-order valence-electron chi connectivity index (χ0n) is 12.2. The van der Waals surface area contributed by atoms with Gasteiger partial charge in [-0.2, -0.15) is 11.8 Å². The molecule has 0 bridgehead atoms. The number of carbonyl (C=O) groups is 2. The summed E-state index contributed by atoms with van der Waals surface area (Å²) >= 11 is 1.52. The molecule has 1 aromatic rings. The number of hydrogen-bond acceptors (Lipinski definition) is 5. The lowest BCUT2D eigenvalue weighted by molar-refractivity contribution is -0.143. The van der Waals surface area contributed by atoms with Gasteiger partial charge in [-0.15, -0.1) is 0 Å². The number of aromatic nitrogens is 1. The lowest BCUT2D eigenvalue weighted by Gasteiger charge is -2.23. The fraction of sp³-hybridized carbons (Fsp3) is 0.643. The average Bonchev–Trinajstić information content (AvgIpc) is 3.10. The van der Waals surface area contributed by atoms with Crippen molar-refractivity contribution >= 4 is 23.6 Å². The lowest BCUT2D eigenvalue weighted by atomic mass is 9.98. The number of rotatable bonds is 6. The molecule has 1 fully saturated rings. The topological polar surface area (TPSA) is 92.4 Å². The Hall–Kier alpha value is -1.50. The van der Waals surface area contributed by atoms with Crippen molar-refractivity contribution in [2.75, 3.05) is 11.5 Å². The molecule has 1 aromatic heterocycles. The van der Waals surface area contributed by atoms with Crippen molar-refractivity contribution in [3.05, 3.63) is 17.5 Å². The number of carboxylic acids is 1. The molecule has 1 unspecified atom stereocenters. The van der Waals surface area contributed by atoms with Gasteiger partial charge in [-0.1, -0.05) is 19.0 Å². The van der Waals surface area contributed by atoms with Gasteiger partial charge in [0.15, 0.2) is 0 Å². The molecular weight excluding hydrogens is 292 g/mol. The smallest absolute Gasteiger partial charge is 0.330 e. The number of nitrogens with zero attached hydrogens (tertiary/aromatic N) is 1. The molecule has 1 saturated heterocycles. The van der Waals surface area contributed by atoms with E-state index < -0.39 is 17.4 Å². The predicted molar refractivity (Wildman–Crippen MR) is 79.6 cm³/mol. The Bertz CT molecular complexity index is 519. The van der Waals surface area contributed by atoms with Gasteiger partial charge in [-0.05, 0) is 25.0 Å². The van der Waals surface area contributed by atoms with E-state index in [9.17, 15) is 14.7 Å². The molecule has 2 N–H and O–H groups in total. The Labute approximate surface area is 127 Å². The van der Waals surface area contributed by atoms with E-state index in [1.807, 2.05) is 0 Å². The van der Waals surface area contributed by atoms with Crippen LogP contribution in [0.2, 0.25) is 0 Å². The van der Waals surface area contributed by atoms with Crippen LogP contribution >= 0.6 is 11.8 Å². The maximum atomic E-state index is 12.2. The second-order valence-corrected chi connectivity index (χ2v) is 6.38. The molecule has 0 aliphatic carbocycles. The molecule has 0 radical (unpaired) electrons. The largest absolute Gasteiger partial charge is 0.479 e. The SMILES string of the molecule is CCC(CC)c1cc(C(=O)NC2(C(=O)O)CCSC2)on1. The molecule has 0 aromatic carbocycles. The van der Waals surface area contributed by atoms with E-state index in [0.29, 0.717) is 12.2 Å². The summed E-state index contributed by atoms with van der Waals surface area (Å²) in [6.07, 6.45) is 2.26. The Kier molecular flexibility index (Phi) is 4.92. The van der Waals surface area contributed by atoms with Crippen LogP contribution < -0.4 is 5.32 Å². The lowest BCUT2D eigenvalue weighted by Crippen LogP contribution is -2.54. The highest BCUT2D eigenvalue weighted by atomic mass is 32.2. The van der Waals surface area contributed by atoms with Crippen LogP contribution in [0, 0.1) is 0 Å². The van der Waals surface area contributed by atoms with Crippen LogP contribution in [0.15, 0.2) is 10.6 Å². The van der Waals surface area contributed by atoms with Crippen molar-refractivity contribution < 1.29 is 19.2 Å². The van der Waals surface area contributed by atoms with Crippen LogP contribution in [0.1, 0.15) is 55.3 Å². The highest BCUT2D eigenvalue weighted by Gasteiger charge is 2.44. The fourth-order valence-electron chi connectivity index (χ4n) is 2.46. The van der Waals surface area contributed by atoms with Crippen molar-refractivity contribution in [3.63, 3.8) is 0 Å². The summed E-state index contributed by atoms with van der Waals surface area (Å²) in [7, 11) is 0. The number of carbonyl (C=O) groups excluding carboxylic acids is 1. The van der Waals surface area contributed by atoms with E-state index in [1.54, 1.807) is 6.07 Å². The predicted octanol–water partition coefficient (Wildman–Crippen LogP) is 2.27. The molecule has 21 heavy (non-hydrogen) atoms. The van der Waals surface area contributed by atoms with Gasteiger partial charge in [0.1, 0.15) is 5.54 Å². The van der Waals surface area contributed by atoms with Crippen molar-refractivity contribution in [2.24, 2.45) is 0 Å². The average molecular weight is 312 g/mol. The summed E-state index contributed by atoms with van der Waals surface area (Å²) in [6.45, 7) is 4.11. The summed E-state index contributed by atoms with van der Waals surface area (Å²) < 4.78 is 5.08. The minimum absolute atomic E-state index is 0.0782. The number of aliphatic carboxylic acids is 1. The quantitative estimate of drug-likeness (QED) is 0.837. The normalized spacial score (nSPS) is 21.7. The van der Waals surface area contributed by atoms with E-state index in [4.69, 9.17) is 4.52 Å². The minimum Gasteiger partial charge on any atom is -0.479 e. The number of nitrogens with one attached hydrogen (secondary N) is 1. The third kappa shape index (κ3) is 3.23. The van der Waals surface area contributed by atoms with E-state index in [0.717, 1.165) is 24.3 Å². The minimum atomic E-state index is -1.19. The molecule has 116 valence electrons. The summed E-state index contributed by atoms with van der Waals surface area (Å²) in [5.41, 5.74) is -0.445. The summed E-state index contributed by atoms with van der Waals surface area (Å²) in [4.78, 5) is 23.6. The molecule has 1 amide bonds. The Morgan fingerprint density at radius 1 is 1.52 bits per heavy atom. The summed E-state index contributed by atoms with van der Waals surface area (Å²) in [5, 5.41) is 15.9. The molecule has 7 heteroatoms. The number of hydrogen-bond donors (Lipinski definition) is 2. The highest BCUT2D eigenvalue weighted by Crippen LogP contribution is 2.29. The van der Waals surface area contributed by atoms with Gasteiger partial charge >= 0.3 is 5.97 Å². The summed E-state index contributed by atoms with van der Waals surface area (Å²) in [6, 6.07) is 1.62. The Morgan fingerprint density at radius 3 is 2.76 bits per heavy atom. The highest BCUT2D eigenvalue weighted by molar-refractivity contribution is 7.99.